The van der Waals surface area contributed by atoms with Crippen LogP contribution in [-0.4, -0.2) is 19.2 Å². The van der Waals surface area contributed by atoms with Crippen LogP contribution in [0.25, 0.3) is 0 Å². The molecule has 0 aromatic heterocycles. The van der Waals surface area contributed by atoms with E-state index in [2.05, 4.69) is 19.2 Å². The van der Waals surface area contributed by atoms with E-state index in [1.807, 2.05) is 6.26 Å². The number of rotatable bonds is 5. The van der Waals surface area contributed by atoms with Crippen molar-refractivity contribution in [2.45, 2.75) is 45.6 Å². The number of hydrogen-bond acceptors (Lipinski definition) is 2. The van der Waals surface area contributed by atoms with Crippen molar-refractivity contribution >= 4 is 0 Å². The lowest BCUT2D eigenvalue weighted by atomic mass is 9.97. The monoisotopic (exact) mass is 209 g/mol. The van der Waals surface area contributed by atoms with E-state index < -0.39 is 0 Å². The van der Waals surface area contributed by atoms with Gasteiger partial charge in [-0.1, -0.05) is 13.8 Å². The molecule has 0 amide bonds. The summed E-state index contributed by atoms with van der Waals surface area (Å²) in [4.78, 5) is 0. The van der Waals surface area contributed by atoms with Crippen molar-refractivity contribution < 1.29 is 4.74 Å². The van der Waals surface area contributed by atoms with Crippen LogP contribution in [-0.2, 0) is 4.74 Å². The highest BCUT2D eigenvalue weighted by Gasteiger charge is 2.40. The molecule has 2 nitrogen and oxygen atoms in total. The van der Waals surface area contributed by atoms with Gasteiger partial charge in [0.25, 0.3) is 0 Å². The van der Waals surface area contributed by atoms with Gasteiger partial charge in [0.15, 0.2) is 0 Å². The first kappa shape index (κ1) is 11.0. The lowest BCUT2D eigenvalue weighted by molar-refractivity contribution is 0.217. The van der Waals surface area contributed by atoms with E-state index in [4.69, 9.17) is 4.74 Å². The summed E-state index contributed by atoms with van der Waals surface area (Å²) in [7, 11) is 0. The molecular weight excluding hydrogens is 186 g/mol. The van der Waals surface area contributed by atoms with Crippen LogP contribution in [0, 0.1) is 11.8 Å². The largest absolute Gasteiger partial charge is 0.501 e. The van der Waals surface area contributed by atoms with Crippen molar-refractivity contribution in [3.63, 3.8) is 0 Å². The predicted molar refractivity (Wildman–Crippen MR) is 62.6 cm³/mol. The van der Waals surface area contributed by atoms with E-state index in [1.165, 1.54) is 31.3 Å². The minimum absolute atomic E-state index is 0.597. The molecule has 0 aromatic carbocycles. The molecule has 2 heteroatoms. The molecule has 2 aliphatic rings. The topological polar surface area (TPSA) is 21.3 Å². The predicted octanol–water partition coefficient (Wildman–Crippen LogP) is 2.70. The molecule has 3 unspecified atom stereocenters. The van der Waals surface area contributed by atoms with Crippen LogP contribution in [0.1, 0.15) is 39.5 Å². The van der Waals surface area contributed by atoms with Gasteiger partial charge in [-0.2, -0.15) is 0 Å². The Kier molecular flexibility index (Phi) is 3.68. The first-order chi connectivity index (χ1) is 7.33. The third kappa shape index (κ3) is 2.75. The highest BCUT2D eigenvalue weighted by Crippen LogP contribution is 2.43. The molecule has 0 aromatic rings. The molecule has 1 heterocycles. The minimum Gasteiger partial charge on any atom is -0.501 e. The molecule has 0 bridgehead atoms. The molecule has 86 valence electrons. The van der Waals surface area contributed by atoms with Crippen LogP contribution in [0.2, 0.25) is 0 Å². The van der Waals surface area contributed by atoms with Gasteiger partial charge in [0.05, 0.1) is 12.9 Å². The van der Waals surface area contributed by atoms with Gasteiger partial charge >= 0.3 is 0 Å². The fourth-order valence-corrected chi connectivity index (χ4v) is 2.49. The van der Waals surface area contributed by atoms with Crippen molar-refractivity contribution in [3.05, 3.63) is 11.8 Å². The van der Waals surface area contributed by atoms with Gasteiger partial charge in [-0.05, 0) is 49.6 Å². The third-order valence-corrected chi connectivity index (χ3v) is 3.58. The molecule has 15 heavy (non-hydrogen) atoms. The number of hydrogen-bond donors (Lipinski definition) is 1. The Morgan fingerprint density at radius 3 is 2.93 bits per heavy atom. The Morgan fingerprint density at radius 2 is 2.40 bits per heavy atom. The Hall–Kier alpha value is -0.500. The molecule has 0 spiro atoms. The van der Waals surface area contributed by atoms with Gasteiger partial charge in [0.2, 0.25) is 0 Å². The average molecular weight is 209 g/mol. The van der Waals surface area contributed by atoms with Crippen molar-refractivity contribution in [3.8, 4) is 0 Å². The van der Waals surface area contributed by atoms with Crippen molar-refractivity contribution in [1.29, 1.82) is 0 Å². The summed E-state index contributed by atoms with van der Waals surface area (Å²) in [5.74, 6) is 1.77. The van der Waals surface area contributed by atoms with Crippen LogP contribution in [0.4, 0.5) is 0 Å². The Labute approximate surface area is 93.1 Å². The van der Waals surface area contributed by atoms with Crippen LogP contribution in [0.15, 0.2) is 11.8 Å². The summed E-state index contributed by atoms with van der Waals surface area (Å²) >= 11 is 0. The van der Waals surface area contributed by atoms with E-state index in [9.17, 15) is 0 Å². The Balaban J connectivity index is 1.94. The molecule has 0 saturated heterocycles. The van der Waals surface area contributed by atoms with Gasteiger partial charge < -0.3 is 10.1 Å². The van der Waals surface area contributed by atoms with Crippen molar-refractivity contribution in [2.75, 3.05) is 13.2 Å². The first-order valence-corrected chi connectivity index (χ1v) is 6.37. The minimum atomic E-state index is 0.597. The normalized spacial score (nSPS) is 31.7. The molecule has 3 atom stereocenters. The van der Waals surface area contributed by atoms with Gasteiger partial charge in [-0.15, -0.1) is 0 Å². The number of ether oxygens (including phenoxy) is 1. The van der Waals surface area contributed by atoms with Gasteiger partial charge in [-0.25, -0.2) is 0 Å². The summed E-state index contributed by atoms with van der Waals surface area (Å²) in [5.41, 5.74) is 1.50. The second-order valence-electron chi connectivity index (χ2n) is 4.98. The van der Waals surface area contributed by atoms with Gasteiger partial charge in [0, 0.05) is 6.04 Å². The van der Waals surface area contributed by atoms with Crippen molar-refractivity contribution in [1.82, 2.24) is 5.32 Å². The van der Waals surface area contributed by atoms with E-state index in [0.29, 0.717) is 6.04 Å². The lowest BCUT2D eigenvalue weighted by Crippen LogP contribution is -2.35. The van der Waals surface area contributed by atoms with Crippen LogP contribution >= 0.6 is 0 Å². The number of nitrogens with one attached hydrogen (secondary N) is 1. The summed E-state index contributed by atoms with van der Waals surface area (Å²) in [6.45, 7) is 6.62. The smallest absolute Gasteiger partial charge is 0.0876 e. The highest BCUT2D eigenvalue weighted by molar-refractivity contribution is 5.15. The molecule has 2 rings (SSSR count). The maximum absolute atomic E-state index is 5.45. The zero-order valence-corrected chi connectivity index (χ0v) is 9.96. The second kappa shape index (κ2) is 5.02. The fraction of sp³-hybridized carbons (Fsp3) is 0.846. The molecular formula is C13H23NO. The first-order valence-electron chi connectivity index (χ1n) is 6.37. The Morgan fingerprint density at radius 1 is 1.60 bits per heavy atom. The maximum Gasteiger partial charge on any atom is 0.0876 e. The van der Waals surface area contributed by atoms with Crippen LogP contribution in [0.3, 0.4) is 0 Å². The summed E-state index contributed by atoms with van der Waals surface area (Å²) in [6, 6.07) is 0.597. The second-order valence-corrected chi connectivity index (χ2v) is 4.98. The SMILES string of the molecule is CCCNC(C1=COCCC1)C1CC1C. The molecule has 1 aliphatic carbocycles. The maximum atomic E-state index is 5.45. The van der Waals surface area contributed by atoms with Gasteiger partial charge in [-0.3, -0.25) is 0 Å². The molecule has 1 fully saturated rings. The van der Waals surface area contributed by atoms with E-state index in [0.717, 1.165) is 25.0 Å². The molecule has 1 N–H and O–H groups in total. The highest BCUT2D eigenvalue weighted by atomic mass is 16.5. The van der Waals surface area contributed by atoms with E-state index in [1.54, 1.807) is 0 Å². The van der Waals surface area contributed by atoms with Crippen LogP contribution in [0.5, 0.6) is 0 Å². The zero-order chi connectivity index (χ0) is 10.7. The molecule has 1 saturated carbocycles. The fourth-order valence-electron chi connectivity index (χ4n) is 2.49. The van der Waals surface area contributed by atoms with E-state index in [-0.39, 0.29) is 0 Å². The average Bonchev–Trinajstić information content (AvgIpc) is 2.98. The summed E-state index contributed by atoms with van der Waals surface area (Å²) in [6.07, 6.45) is 7.04. The molecule has 0 radical (unpaired) electrons. The third-order valence-electron chi connectivity index (χ3n) is 3.58. The van der Waals surface area contributed by atoms with Crippen molar-refractivity contribution in [2.24, 2.45) is 11.8 Å². The quantitative estimate of drug-likeness (QED) is 0.751. The van der Waals surface area contributed by atoms with Gasteiger partial charge in [0.1, 0.15) is 0 Å². The zero-order valence-electron chi connectivity index (χ0n) is 9.96. The van der Waals surface area contributed by atoms with Crippen LogP contribution < -0.4 is 5.32 Å². The summed E-state index contributed by atoms with van der Waals surface area (Å²) in [5, 5.41) is 3.68. The lowest BCUT2D eigenvalue weighted by Gasteiger charge is -2.24. The standard InChI is InChI=1S/C13H23NO/c1-3-6-14-13(12-8-10(12)2)11-5-4-7-15-9-11/h9-10,12-14H,3-8H2,1-2H3. The van der Waals surface area contributed by atoms with E-state index >= 15 is 0 Å². The molecule has 1 aliphatic heterocycles. The Bertz CT molecular complexity index is 237. The summed E-state index contributed by atoms with van der Waals surface area (Å²) < 4.78 is 5.45.